The zero-order chi connectivity index (χ0) is 12.5. The molecule has 3 nitrogen and oxygen atoms in total. The second-order valence-electron chi connectivity index (χ2n) is 4.75. The fourth-order valence-corrected chi connectivity index (χ4v) is 2.66. The van der Waals surface area contributed by atoms with Crippen LogP contribution in [0.25, 0.3) is 0 Å². The van der Waals surface area contributed by atoms with Crippen LogP contribution in [-0.2, 0) is 9.47 Å². The highest BCUT2D eigenvalue weighted by Crippen LogP contribution is 2.19. The summed E-state index contributed by atoms with van der Waals surface area (Å²) in [5.41, 5.74) is 0. The first-order valence-electron chi connectivity index (χ1n) is 7.29. The van der Waals surface area contributed by atoms with E-state index in [9.17, 15) is 0 Å². The van der Waals surface area contributed by atoms with Crippen molar-refractivity contribution in [3.63, 3.8) is 0 Å². The third-order valence-electron chi connectivity index (χ3n) is 3.56. The fraction of sp³-hybridized carbons (Fsp3) is 1.00. The topological polar surface area (TPSA) is 21.7 Å². The molecule has 0 aliphatic carbocycles. The van der Waals surface area contributed by atoms with Crippen LogP contribution in [0.2, 0.25) is 0 Å². The predicted molar refractivity (Wildman–Crippen MR) is 71.2 cm³/mol. The molecular weight excluding hydrogens is 214 g/mol. The molecule has 1 fully saturated rings. The van der Waals surface area contributed by atoms with E-state index in [1.807, 2.05) is 13.8 Å². The molecule has 0 spiro atoms. The lowest BCUT2D eigenvalue weighted by molar-refractivity contribution is -0.150. The molecule has 0 saturated carbocycles. The van der Waals surface area contributed by atoms with Gasteiger partial charge in [0, 0.05) is 25.8 Å². The fourth-order valence-electron chi connectivity index (χ4n) is 2.66. The molecule has 1 aliphatic rings. The third kappa shape index (κ3) is 5.36. The summed E-state index contributed by atoms with van der Waals surface area (Å²) in [5, 5.41) is 0. The average molecular weight is 243 g/mol. The van der Waals surface area contributed by atoms with Gasteiger partial charge in [-0.1, -0.05) is 19.8 Å². The van der Waals surface area contributed by atoms with Crippen LogP contribution in [0.5, 0.6) is 0 Å². The summed E-state index contributed by atoms with van der Waals surface area (Å²) in [7, 11) is 0. The molecular formula is C14H29NO2. The smallest absolute Gasteiger partial charge is 0.170 e. The van der Waals surface area contributed by atoms with Gasteiger partial charge >= 0.3 is 0 Å². The predicted octanol–water partition coefficient (Wildman–Crippen LogP) is 3.04. The van der Waals surface area contributed by atoms with Crippen molar-refractivity contribution in [2.75, 3.05) is 26.3 Å². The van der Waals surface area contributed by atoms with Gasteiger partial charge in [-0.2, -0.15) is 0 Å². The SMILES string of the molecule is CCOC(CN1CCCCCC1CC)OCC. The Labute approximate surface area is 106 Å². The molecule has 1 atom stereocenters. The molecule has 1 heterocycles. The van der Waals surface area contributed by atoms with Gasteiger partial charge in [0.15, 0.2) is 6.29 Å². The monoisotopic (exact) mass is 243 g/mol. The summed E-state index contributed by atoms with van der Waals surface area (Å²) >= 11 is 0. The van der Waals surface area contributed by atoms with E-state index < -0.39 is 0 Å². The molecule has 102 valence electrons. The minimum atomic E-state index is -0.0443. The molecule has 3 heteroatoms. The Kier molecular flexibility index (Phi) is 7.82. The molecule has 0 N–H and O–H groups in total. The summed E-state index contributed by atoms with van der Waals surface area (Å²) in [6, 6.07) is 0.723. The maximum Gasteiger partial charge on any atom is 0.170 e. The molecule has 0 aromatic carbocycles. The summed E-state index contributed by atoms with van der Waals surface area (Å²) < 4.78 is 11.3. The van der Waals surface area contributed by atoms with Crippen molar-refractivity contribution in [2.45, 2.75) is 65.2 Å². The highest BCUT2D eigenvalue weighted by molar-refractivity contribution is 4.75. The number of likely N-dealkylation sites (tertiary alicyclic amines) is 1. The standard InChI is InChI=1S/C14H29NO2/c1-4-13-10-8-7-9-11-15(13)12-14(16-5-2)17-6-3/h13-14H,4-12H2,1-3H3. The summed E-state index contributed by atoms with van der Waals surface area (Å²) in [5.74, 6) is 0. The Hall–Kier alpha value is -0.120. The van der Waals surface area contributed by atoms with Gasteiger partial charge in [-0.3, -0.25) is 4.90 Å². The van der Waals surface area contributed by atoms with Gasteiger partial charge in [-0.05, 0) is 39.7 Å². The van der Waals surface area contributed by atoms with E-state index in [4.69, 9.17) is 9.47 Å². The first-order valence-corrected chi connectivity index (χ1v) is 7.29. The molecule has 0 radical (unpaired) electrons. The molecule has 17 heavy (non-hydrogen) atoms. The number of ether oxygens (including phenoxy) is 2. The largest absolute Gasteiger partial charge is 0.352 e. The average Bonchev–Trinajstić information content (AvgIpc) is 2.55. The van der Waals surface area contributed by atoms with Gasteiger partial charge in [0.25, 0.3) is 0 Å². The second kappa shape index (κ2) is 8.90. The van der Waals surface area contributed by atoms with Crippen LogP contribution in [0.4, 0.5) is 0 Å². The van der Waals surface area contributed by atoms with E-state index in [2.05, 4.69) is 11.8 Å². The number of hydrogen-bond donors (Lipinski definition) is 0. The highest BCUT2D eigenvalue weighted by atomic mass is 16.7. The lowest BCUT2D eigenvalue weighted by Gasteiger charge is -2.32. The van der Waals surface area contributed by atoms with E-state index >= 15 is 0 Å². The van der Waals surface area contributed by atoms with Crippen molar-refractivity contribution in [1.82, 2.24) is 4.90 Å². The molecule has 1 rings (SSSR count). The Morgan fingerprint density at radius 1 is 1.06 bits per heavy atom. The zero-order valence-corrected chi connectivity index (χ0v) is 11.8. The van der Waals surface area contributed by atoms with E-state index in [1.165, 1.54) is 38.6 Å². The molecule has 0 aromatic rings. The number of nitrogens with zero attached hydrogens (tertiary/aromatic N) is 1. The van der Waals surface area contributed by atoms with Gasteiger partial charge in [-0.15, -0.1) is 0 Å². The van der Waals surface area contributed by atoms with Crippen LogP contribution < -0.4 is 0 Å². The van der Waals surface area contributed by atoms with E-state index in [-0.39, 0.29) is 6.29 Å². The van der Waals surface area contributed by atoms with Crippen molar-refractivity contribution >= 4 is 0 Å². The second-order valence-corrected chi connectivity index (χ2v) is 4.75. The van der Waals surface area contributed by atoms with Gasteiger partial charge in [-0.25, -0.2) is 0 Å². The summed E-state index contributed by atoms with van der Waals surface area (Å²) in [4.78, 5) is 2.57. The number of hydrogen-bond acceptors (Lipinski definition) is 3. The first-order chi connectivity index (χ1) is 8.31. The van der Waals surface area contributed by atoms with Gasteiger partial charge in [0.05, 0.1) is 0 Å². The highest BCUT2D eigenvalue weighted by Gasteiger charge is 2.22. The van der Waals surface area contributed by atoms with Crippen molar-refractivity contribution in [3.05, 3.63) is 0 Å². The quantitative estimate of drug-likeness (QED) is 0.642. The summed E-state index contributed by atoms with van der Waals surface area (Å²) in [6.45, 7) is 9.96. The molecule has 1 unspecified atom stereocenters. The maximum atomic E-state index is 5.65. The molecule has 0 bridgehead atoms. The third-order valence-corrected chi connectivity index (χ3v) is 3.56. The van der Waals surface area contributed by atoms with E-state index in [0.29, 0.717) is 0 Å². The van der Waals surface area contributed by atoms with Crippen LogP contribution in [0.3, 0.4) is 0 Å². The normalized spacial score (nSPS) is 22.9. The molecule has 0 aromatic heterocycles. The Balaban J connectivity index is 2.47. The van der Waals surface area contributed by atoms with Crippen LogP contribution in [0.1, 0.15) is 52.9 Å². The Morgan fingerprint density at radius 3 is 2.35 bits per heavy atom. The van der Waals surface area contributed by atoms with Crippen molar-refractivity contribution in [3.8, 4) is 0 Å². The molecule has 1 aliphatic heterocycles. The Morgan fingerprint density at radius 2 is 1.76 bits per heavy atom. The van der Waals surface area contributed by atoms with Crippen LogP contribution in [0.15, 0.2) is 0 Å². The van der Waals surface area contributed by atoms with Crippen molar-refractivity contribution in [1.29, 1.82) is 0 Å². The van der Waals surface area contributed by atoms with Crippen molar-refractivity contribution < 1.29 is 9.47 Å². The van der Waals surface area contributed by atoms with Gasteiger partial charge in [0.1, 0.15) is 0 Å². The summed E-state index contributed by atoms with van der Waals surface area (Å²) in [6.07, 6.45) is 6.61. The first kappa shape index (κ1) is 14.9. The van der Waals surface area contributed by atoms with Crippen LogP contribution in [0, 0.1) is 0 Å². The van der Waals surface area contributed by atoms with E-state index in [1.54, 1.807) is 0 Å². The number of rotatable bonds is 7. The lowest BCUT2D eigenvalue weighted by atomic mass is 10.1. The minimum Gasteiger partial charge on any atom is -0.352 e. The van der Waals surface area contributed by atoms with Gasteiger partial charge < -0.3 is 9.47 Å². The maximum absolute atomic E-state index is 5.65. The molecule has 0 amide bonds. The molecule has 1 saturated heterocycles. The van der Waals surface area contributed by atoms with Crippen LogP contribution in [-0.4, -0.2) is 43.5 Å². The zero-order valence-electron chi connectivity index (χ0n) is 11.8. The van der Waals surface area contributed by atoms with Gasteiger partial charge in [0.2, 0.25) is 0 Å². The Bertz CT molecular complexity index is 181. The lowest BCUT2D eigenvalue weighted by Crippen LogP contribution is -2.41. The van der Waals surface area contributed by atoms with Crippen LogP contribution >= 0.6 is 0 Å². The van der Waals surface area contributed by atoms with Crippen molar-refractivity contribution in [2.24, 2.45) is 0 Å². The minimum absolute atomic E-state index is 0.0443. The van der Waals surface area contributed by atoms with E-state index in [0.717, 1.165) is 25.8 Å².